The zero-order valence-corrected chi connectivity index (χ0v) is 11.9. The molecule has 1 saturated heterocycles. The van der Waals surface area contributed by atoms with Gasteiger partial charge in [0, 0.05) is 43.3 Å². The predicted octanol–water partition coefficient (Wildman–Crippen LogP) is 1.98. The number of piperazine rings is 1. The van der Waals surface area contributed by atoms with Crippen LogP contribution in [0.1, 0.15) is 18.5 Å². The first kappa shape index (κ1) is 13.8. The molecule has 0 radical (unpaired) electrons. The Kier molecular flexibility index (Phi) is 4.62. The maximum absolute atomic E-state index is 6.29. The summed E-state index contributed by atoms with van der Waals surface area (Å²) < 4.78 is 0. The lowest BCUT2D eigenvalue weighted by atomic mass is 10.0. The second-order valence-electron chi connectivity index (χ2n) is 5.10. The van der Waals surface area contributed by atoms with Crippen molar-refractivity contribution < 1.29 is 0 Å². The molecule has 1 heterocycles. The van der Waals surface area contributed by atoms with Crippen molar-refractivity contribution in [3.05, 3.63) is 34.9 Å². The SMILES string of the molecule is CC1CN(C(CN)c2ccccc2Cl)CCN1C. The lowest BCUT2D eigenvalue weighted by Crippen LogP contribution is -2.52. The van der Waals surface area contributed by atoms with Crippen molar-refractivity contribution in [2.45, 2.75) is 19.0 Å². The van der Waals surface area contributed by atoms with Crippen LogP contribution in [0, 0.1) is 0 Å². The second kappa shape index (κ2) is 6.02. The number of halogens is 1. The fourth-order valence-electron chi connectivity index (χ4n) is 2.58. The molecule has 4 heteroatoms. The van der Waals surface area contributed by atoms with Crippen LogP contribution in [-0.2, 0) is 0 Å². The molecule has 18 heavy (non-hydrogen) atoms. The van der Waals surface area contributed by atoms with Crippen molar-refractivity contribution in [3.63, 3.8) is 0 Å². The normalized spacial score (nSPS) is 24.1. The van der Waals surface area contributed by atoms with Crippen LogP contribution in [0.2, 0.25) is 5.02 Å². The molecule has 0 bridgehead atoms. The van der Waals surface area contributed by atoms with E-state index in [2.05, 4.69) is 29.8 Å². The van der Waals surface area contributed by atoms with E-state index in [4.69, 9.17) is 17.3 Å². The fourth-order valence-corrected chi connectivity index (χ4v) is 2.84. The Hall–Kier alpha value is -0.610. The third-order valence-corrected chi connectivity index (χ3v) is 4.26. The van der Waals surface area contributed by atoms with Gasteiger partial charge in [-0.2, -0.15) is 0 Å². The van der Waals surface area contributed by atoms with E-state index in [1.807, 2.05) is 18.2 Å². The van der Waals surface area contributed by atoms with Crippen LogP contribution in [0.5, 0.6) is 0 Å². The van der Waals surface area contributed by atoms with Gasteiger partial charge in [-0.05, 0) is 25.6 Å². The summed E-state index contributed by atoms with van der Waals surface area (Å²) in [6.45, 7) is 6.05. The van der Waals surface area contributed by atoms with Crippen LogP contribution in [0.3, 0.4) is 0 Å². The van der Waals surface area contributed by atoms with Crippen molar-refractivity contribution in [2.24, 2.45) is 5.73 Å². The second-order valence-corrected chi connectivity index (χ2v) is 5.50. The first-order chi connectivity index (χ1) is 8.63. The van der Waals surface area contributed by atoms with Crippen LogP contribution in [0.15, 0.2) is 24.3 Å². The topological polar surface area (TPSA) is 32.5 Å². The third kappa shape index (κ3) is 2.86. The molecule has 2 atom stereocenters. The highest BCUT2D eigenvalue weighted by molar-refractivity contribution is 6.31. The van der Waals surface area contributed by atoms with Gasteiger partial charge in [0.1, 0.15) is 0 Å². The summed E-state index contributed by atoms with van der Waals surface area (Å²) in [5, 5.41) is 0.819. The maximum atomic E-state index is 6.29. The zero-order chi connectivity index (χ0) is 13.1. The molecular weight excluding hydrogens is 246 g/mol. The molecule has 0 aromatic heterocycles. The van der Waals surface area contributed by atoms with Crippen molar-refractivity contribution in [3.8, 4) is 0 Å². The first-order valence-electron chi connectivity index (χ1n) is 6.52. The molecule has 0 spiro atoms. The van der Waals surface area contributed by atoms with Crippen molar-refractivity contribution in [2.75, 3.05) is 33.2 Å². The average molecular weight is 268 g/mol. The maximum Gasteiger partial charge on any atom is 0.0486 e. The number of nitrogens with zero attached hydrogens (tertiary/aromatic N) is 2. The van der Waals surface area contributed by atoms with Crippen LogP contribution in [-0.4, -0.2) is 49.1 Å². The number of nitrogens with two attached hydrogens (primary N) is 1. The lowest BCUT2D eigenvalue weighted by molar-refractivity contribution is 0.0741. The molecule has 0 amide bonds. The summed E-state index contributed by atoms with van der Waals surface area (Å²) in [6, 6.07) is 8.82. The van der Waals surface area contributed by atoms with Gasteiger partial charge < -0.3 is 10.6 Å². The van der Waals surface area contributed by atoms with Gasteiger partial charge in [0.05, 0.1) is 0 Å². The van der Waals surface area contributed by atoms with Gasteiger partial charge in [-0.1, -0.05) is 29.8 Å². The molecule has 100 valence electrons. The standard InChI is InChI=1S/C14H22ClN3/c1-11-10-18(8-7-17(11)2)14(9-16)12-5-3-4-6-13(12)15/h3-6,11,14H,7-10,16H2,1-2H3. The summed E-state index contributed by atoms with van der Waals surface area (Å²) in [4.78, 5) is 4.84. The molecule has 1 aliphatic rings. The van der Waals surface area contributed by atoms with Crippen molar-refractivity contribution in [1.29, 1.82) is 0 Å². The third-order valence-electron chi connectivity index (χ3n) is 3.92. The number of benzene rings is 1. The highest BCUT2D eigenvalue weighted by atomic mass is 35.5. The first-order valence-corrected chi connectivity index (χ1v) is 6.90. The van der Waals surface area contributed by atoms with E-state index in [0.717, 1.165) is 30.2 Å². The molecule has 1 fully saturated rings. The molecule has 2 rings (SSSR count). The van der Waals surface area contributed by atoms with E-state index < -0.39 is 0 Å². The van der Waals surface area contributed by atoms with Crippen LogP contribution in [0.25, 0.3) is 0 Å². The smallest absolute Gasteiger partial charge is 0.0486 e. The summed E-state index contributed by atoms with van der Waals surface area (Å²) in [5.41, 5.74) is 7.12. The van der Waals surface area contributed by atoms with Gasteiger partial charge >= 0.3 is 0 Å². The Morgan fingerprint density at radius 1 is 1.39 bits per heavy atom. The number of hydrogen-bond acceptors (Lipinski definition) is 3. The van der Waals surface area contributed by atoms with Gasteiger partial charge in [0.25, 0.3) is 0 Å². The molecule has 1 aromatic rings. The lowest BCUT2D eigenvalue weighted by Gasteiger charge is -2.41. The van der Waals surface area contributed by atoms with Crippen LogP contribution >= 0.6 is 11.6 Å². The Balaban J connectivity index is 2.17. The minimum absolute atomic E-state index is 0.231. The molecule has 2 unspecified atom stereocenters. The average Bonchev–Trinajstić information content (AvgIpc) is 2.37. The molecule has 1 aliphatic heterocycles. The zero-order valence-electron chi connectivity index (χ0n) is 11.1. The largest absolute Gasteiger partial charge is 0.329 e. The highest BCUT2D eigenvalue weighted by Crippen LogP contribution is 2.28. The fraction of sp³-hybridized carbons (Fsp3) is 0.571. The minimum atomic E-state index is 0.231. The van der Waals surface area contributed by atoms with E-state index in [1.54, 1.807) is 0 Å². The van der Waals surface area contributed by atoms with Gasteiger partial charge in [-0.3, -0.25) is 4.90 Å². The van der Waals surface area contributed by atoms with E-state index in [1.165, 1.54) is 0 Å². The molecule has 0 saturated carbocycles. The molecular formula is C14H22ClN3. The molecule has 1 aromatic carbocycles. The highest BCUT2D eigenvalue weighted by Gasteiger charge is 2.27. The number of rotatable bonds is 3. The van der Waals surface area contributed by atoms with E-state index >= 15 is 0 Å². The summed E-state index contributed by atoms with van der Waals surface area (Å²) in [5.74, 6) is 0. The van der Waals surface area contributed by atoms with Crippen LogP contribution < -0.4 is 5.73 Å². The summed E-state index contributed by atoms with van der Waals surface area (Å²) in [7, 11) is 2.18. The van der Waals surface area contributed by atoms with Crippen LogP contribution in [0.4, 0.5) is 0 Å². The van der Waals surface area contributed by atoms with Gasteiger partial charge in [-0.25, -0.2) is 0 Å². The van der Waals surface area contributed by atoms with E-state index in [9.17, 15) is 0 Å². The number of likely N-dealkylation sites (N-methyl/N-ethyl adjacent to an activating group) is 1. The quantitative estimate of drug-likeness (QED) is 0.909. The molecule has 0 aliphatic carbocycles. The van der Waals surface area contributed by atoms with Gasteiger partial charge in [0.15, 0.2) is 0 Å². The van der Waals surface area contributed by atoms with E-state index in [0.29, 0.717) is 12.6 Å². The Bertz CT molecular complexity index is 396. The predicted molar refractivity (Wildman–Crippen MR) is 76.9 cm³/mol. The summed E-state index contributed by atoms with van der Waals surface area (Å²) in [6.07, 6.45) is 0. The number of hydrogen-bond donors (Lipinski definition) is 1. The monoisotopic (exact) mass is 267 g/mol. The Labute approximate surface area is 115 Å². The Morgan fingerprint density at radius 2 is 2.11 bits per heavy atom. The molecule has 2 N–H and O–H groups in total. The minimum Gasteiger partial charge on any atom is -0.329 e. The van der Waals surface area contributed by atoms with Gasteiger partial charge in [-0.15, -0.1) is 0 Å². The van der Waals surface area contributed by atoms with Crippen molar-refractivity contribution in [1.82, 2.24) is 9.80 Å². The van der Waals surface area contributed by atoms with E-state index in [-0.39, 0.29) is 6.04 Å². The molecule has 3 nitrogen and oxygen atoms in total. The van der Waals surface area contributed by atoms with Crippen molar-refractivity contribution >= 4 is 11.6 Å². The summed E-state index contributed by atoms with van der Waals surface area (Å²) >= 11 is 6.29. The van der Waals surface area contributed by atoms with Gasteiger partial charge in [0.2, 0.25) is 0 Å². The Morgan fingerprint density at radius 3 is 2.72 bits per heavy atom.